The van der Waals surface area contributed by atoms with Crippen molar-refractivity contribution < 1.29 is 0 Å². The van der Waals surface area contributed by atoms with Gasteiger partial charge in [0.25, 0.3) is 0 Å². The van der Waals surface area contributed by atoms with Crippen LogP contribution in [0.3, 0.4) is 0 Å². The molecule has 0 aromatic heterocycles. The summed E-state index contributed by atoms with van der Waals surface area (Å²) in [6, 6.07) is 9.75. The number of benzene rings is 1. The van der Waals surface area contributed by atoms with Crippen LogP contribution in [0.15, 0.2) is 28.7 Å². The van der Waals surface area contributed by atoms with Crippen molar-refractivity contribution in [2.75, 3.05) is 13.1 Å². The Morgan fingerprint density at radius 1 is 1.28 bits per heavy atom. The molecule has 18 heavy (non-hydrogen) atoms. The zero-order valence-electron chi connectivity index (χ0n) is 11.1. The summed E-state index contributed by atoms with van der Waals surface area (Å²) in [5, 5.41) is 0. The van der Waals surface area contributed by atoms with Crippen LogP contribution in [0.25, 0.3) is 0 Å². The van der Waals surface area contributed by atoms with Crippen LogP contribution >= 0.6 is 15.9 Å². The average Bonchev–Trinajstić information content (AvgIpc) is 3.03. The predicted octanol–water partition coefficient (Wildman–Crippen LogP) is 4.43. The number of nitrogens with zero attached hydrogens (tertiary/aromatic N) is 1. The van der Waals surface area contributed by atoms with Crippen molar-refractivity contribution in [1.82, 2.24) is 4.90 Å². The molecular weight excluding hydrogens is 286 g/mol. The first-order chi connectivity index (χ1) is 8.74. The molecule has 0 spiro atoms. The first-order valence-electron chi connectivity index (χ1n) is 7.23. The molecule has 0 amide bonds. The first-order valence-corrected chi connectivity index (χ1v) is 8.03. The summed E-state index contributed by atoms with van der Waals surface area (Å²) in [5.41, 5.74) is 1.54. The van der Waals surface area contributed by atoms with Crippen molar-refractivity contribution in [2.24, 2.45) is 5.92 Å². The van der Waals surface area contributed by atoms with Crippen molar-refractivity contribution in [2.45, 2.75) is 44.6 Å². The maximum atomic E-state index is 3.51. The van der Waals surface area contributed by atoms with Crippen LogP contribution < -0.4 is 0 Å². The highest BCUT2D eigenvalue weighted by Crippen LogP contribution is 2.49. The minimum Gasteiger partial charge on any atom is -0.301 e. The van der Waals surface area contributed by atoms with E-state index in [9.17, 15) is 0 Å². The summed E-state index contributed by atoms with van der Waals surface area (Å²) < 4.78 is 1.19. The van der Waals surface area contributed by atoms with E-state index >= 15 is 0 Å². The molecule has 2 fully saturated rings. The van der Waals surface area contributed by atoms with E-state index in [1.54, 1.807) is 0 Å². The molecular formula is C16H22BrN. The summed E-state index contributed by atoms with van der Waals surface area (Å²) >= 11 is 3.51. The van der Waals surface area contributed by atoms with Crippen molar-refractivity contribution in [3.63, 3.8) is 0 Å². The zero-order chi connectivity index (χ0) is 12.5. The molecule has 0 unspecified atom stereocenters. The second-order valence-electron chi connectivity index (χ2n) is 5.97. The number of hydrogen-bond donors (Lipinski definition) is 0. The van der Waals surface area contributed by atoms with E-state index < -0.39 is 0 Å². The summed E-state index contributed by atoms with van der Waals surface area (Å²) in [7, 11) is 0. The summed E-state index contributed by atoms with van der Waals surface area (Å²) in [4.78, 5) is 2.68. The Kier molecular flexibility index (Phi) is 3.76. The Bertz CT molecular complexity index is 400. The van der Waals surface area contributed by atoms with Gasteiger partial charge in [-0.3, -0.25) is 0 Å². The quantitative estimate of drug-likeness (QED) is 0.795. The highest BCUT2D eigenvalue weighted by Gasteiger charge is 2.38. The van der Waals surface area contributed by atoms with Gasteiger partial charge in [-0.1, -0.05) is 28.1 Å². The van der Waals surface area contributed by atoms with Gasteiger partial charge in [0, 0.05) is 10.5 Å². The van der Waals surface area contributed by atoms with Gasteiger partial charge >= 0.3 is 0 Å². The van der Waals surface area contributed by atoms with Crippen molar-refractivity contribution in [3.8, 4) is 0 Å². The normalized spacial score (nSPS) is 31.8. The molecule has 1 saturated heterocycles. The Balaban J connectivity index is 1.48. The molecule has 0 N–H and O–H groups in total. The molecule has 1 saturated carbocycles. The van der Waals surface area contributed by atoms with Crippen molar-refractivity contribution in [3.05, 3.63) is 34.3 Å². The van der Waals surface area contributed by atoms with E-state index in [-0.39, 0.29) is 0 Å². The first kappa shape index (κ1) is 12.7. The Morgan fingerprint density at radius 2 is 2.06 bits per heavy atom. The molecule has 1 aromatic carbocycles. The van der Waals surface area contributed by atoms with Gasteiger partial charge in [0.2, 0.25) is 0 Å². The van der Waals surface area contributed by atoms with E-state index in [1.807, 2.05) is 0 Å². The lowest BCUT2D eigenvalue weighted by Gasteiger charge is -2.20. The van der Waals surface area contributed by atoms with Crippen LogP contribution in [0.1, 0.15) is 44.1 Å². The predicted molar refractivity (Wildman–Crippen MR) is 79.9 cm³/mol. The van der Waals surface area contributed by atoms with Crippen LogP contribution in [0.5, 0.6) is 0 Å². The van der Waals surface area contributed by atoms with Crippen molar-refractivity contribution >= 4 is 15.9 Å². The monoisotopic (exact) mass is 307 g/mol. The zero-order valence-corrected chi connectivity index (χ0v) is 12.7. The van der Waals surface area contributed by atoms with Crippen LogP contribution in [-0.4, -0.2) is 24.0 Å². The van der Waals surface area contributed by atoms with E-state index in [4.69, 9.17) is 0 Å². The van der Waals surface area contributed by atoms with Crippen LogP contribution in [0.2, 0.25) is 0 Å². The Labute approximate surface area is 119 Å². The fourth-order valence-electron chi connectivity index (χ4n) is 3.34. The fraction of sp³-hybridized carbons (Fsp3) is 0.625. The summed E-state index contributed by atoms with van der Waals surface area (Å²) in [6.45, 7) is 5.03. The highest BCUT2D eigenvalue weighted by atomic mass is 79.9. The van der Waals surface area contributed by atoms with Crippen LogP contribution in [-0.2, 0) is 0 Å². The van der Waals surface area contributed by atoms with Crippen LogP contribution in [0, 0.1) is 5.92 Å². The minimum absolute atomic E-state index is 0.829. The van der Waals surface area contributed by atoms with Gasteiger partial charge in [0.05, 0.1) is 0 Å². The lowest BCUT2D eigenvalue weighted by Crippen LogP contribution is -2.28. The van der Waals surface area contributed by atoms with E-state index in [0.29, 0.717) is 0 Å². The van der Waals surface area contributed by atoms with Gasteiger partial charge in [-0.2, -0.15) is 0 Å². The van der Waals surface area contributed by atoms with Gasteiger partial charge in [-0.25, -0.2) is 0 Å². The van der Waals surface area contributed by atoms with Gasteiger partial charge in [-0.05, 0) is 75.2 Å². The van der Waals surface area contributed by atoms with E-state index in [1.165, 1.54) is 48.8 Å². The molecule has 0 radical (unpaired) electrons. The SMILES string of the molecule is C[C@@H]1CCCN1CC[C@@H]1C[C@H]1c1ccc(Br)cc1. The maximum Gasteiger partial charge on any atom is 0.0175 e. The van der Waals surface area contributed by atoms with Gasteiger partial charge in [-0.15, -0.1) is 0 Å². The molecule has 1 aromatic rings. The molecule has 2 heteroatoms. The number of halogens is 1. The third-order valence-electron chi connectivity index (χ3n) is 4.70. The number of rotatable bonds is 4. The molecule has 98 valence electrons. The maximum absolute atomic E-state index is 3.51. The molecule has 1 aliphatic heterocycles. The number of hydrogen-bond acceptors (Lipinski definition) is 1. The molecule has 3 atom stereocenters. The molecule has 1 aliphatic carbocycles. The van der Waals surface area contributed by atoms with Gasteiger partial charge in [0.1, 0.15) is 0 Å². The lowest BCUT2D eigenvalue weighted by atomic mass is 10.1. The second-order valence-corrected chi connectivity index (χ2v) is 6.89. The van der Waals surface area contributed by atoms with Crippen molar-refractivity contribution in [1.29, 1.82) is 0 Å². The Morgan fingerprint density at radius 3 is 2.72 bits per heavy atom. The van der Waals surface area contributed by atoms with Crippen LogP contribution in [0.4, 0.5) is 0 Å². The smallest absolute Gasteiger partial charge is 0.0175 e. The molecule has 3 rings (SSSR count). The number of likely N-dealkylation sites (tertiary alicyclic amines) is 1. The minimum atomic E-state index is 0.829. The topological polar surface area (TPSA) is 3.24 Å². The summed E-state index contributed by atoms with van der Waals surface area (Å²) in [6.07, 6.45) is 5.61. The molecule has 2 aliphatic rings. The van der Waals surface area contributed by atoms with Gasteiger partial charge in [0.15, 0.2) is 0 Å². The Hall–Kier alpha value is -0.340. The molecule has 0 bridgehead atoms. The summed E-state index contributed by atoms with van der Waals surface area (Å²) in [5.74, 6) is 1.79. The highest BCUT2D eigenvalue weighted by molar-refractivity contribution is 9.10. The molecule has 1 nitrogen and oxygen atoms in total. The lowest BCUT2D eigenvalue weighted by molar-refractivity contribution is 0.260. The largest absolute Gasteiger partial charge is 0.301 e. The second kappa shape index (κ2) is 5.34. The average molecular weight is 308 g/mol. The fourth-order valence-corrected chi connectivity index (χ4v) is 3.61. The third kappa shape index (κ3) is 2.80. The van der Waals surface area contributed by atoms with E-state index in [2.05, 4.69) is 52.0 Å². The van der Waals surface area contributed by atoms with E-state index in [0.717, 1.165) is 17.9 Å². The standard InChI is InChI=1S/C16H22BrN/c1-12-3-2-9-18(12)10-8-14-11-16(14)13-4-6-15(17)7-5-13/h4-7,12,14,16H,2-3,8-11H2,1H3/t12-,14-,16+/m1/s1. The molecule has 1 heterocycles. The third-order valence-corrected chi connectivity index (χ3v) is 5.23. The van der Waals surface area contributed by atoms with Gasteiger partial charge < -0.3 is 4.90 Å².